The summed E-state index contributed by atoms with van der Waals surface area (Å²) in [5, 5.41) is 4.01. The van der Waals surface area contributed by atoms with E-state index in [9.17, 15) is 0 Å². The molecule has 0 aliphatic carbocycles. The SMILES string of the molecule is COc1ccc(CNc2ccc(C)cc2Cl)cn1. The number of pyridine rings is 1. The third-order valence-corrected chi connectivity index (χ3v) is 2.93. The zero-order valence-corrected chi connectivity index (χ0v) is 11.2. The highest BCUT2D eigenvalue weighted by Gasteiger charge is 2.00. The van der Waals surface area contributed by atoms with Gasteiger partial charge in [0, 0.05) is 18.8 Å². The maximum absolute atomic E-state index is 6.15. The zero-order chi connectivity index (χ0) is 13.0. The summed E-state index contributed by atoms with van der Waals surface area (Å²) in [6, 6.07) is 9.76. The van der Waals surface area contributed by atoms with Crippen molar-refractivity contribution >= 4 is 17.3 Å². The fraction of sp³-hybridized carbons (Fsp3) is 0.214. The van der Waals surface area contributed by atoms with E-state index in [4.69, 9.17) is 16.3 Å². The predicted molar refractivity (Wildman–Crippen MR) is 74.3 cm³/mol. The Bertz CT molecular complexity index is 526. The van der Waals surface area contributed by atoms with Gasteiger partial charge in [-0.25, -0.2) is 4.98 Å². The van der Waals surface area contributed by atoms with Gasteiger partial charge in [-0.05, 0) is 30.2 Å². The van der Waals surface area contributed by atoms with Gasteiger partial charge in [-0.15, -0.1) is 0 Å². The van der Waals surface area contributed by atoms with Crippen molar-refractivity contribution in [3.05, 3.63) is 52.7 Å². The number of hydrogen-bond acceptors (Lipinski definition) is 3. The van der Waals surface area contributed by atoms with Crippen molar-refractivity contribution in [2.24, 2.45) is 0 Å². The molecule has 0 unspecified atom stereocenters. The molecule has 94 valence electrons. The van der Waals surface area contributed by atoms with Crippen LogP contribution in [0.15, 0.2) is 36.5 Å². The van der Waals surface area contributed by atoms with Crippen LogP contribution in [0.1, 0.15) is 11.1 Å². The number of aryl methyl sites for hydroxylation is 1. The molecule has 2 aromatic rings. The van der Waals surface area contributed by atoms with Crippen molar-refractivity contribution < 1.29 is 4.74 Å². The quantitative estimate of drug-likeness (QED) is 0.913. The minimum atomic E-state index is 0.618. The number of nitrogens with zero attached hydrogens (tertiary/aromatic N) is 1. The lowest BCUT2D eigenvalue weighted by atomic mass is 10.2. The number of rotatable bonds is 4. The lowest BCUT2D eigenvalue weighted by Crippen LogP contribution is -2.00. The summed E-state index contributed by atoms with van der Waals surface area (Å²) < 4.78 is 5.01. The molecule has 18 heavy (non-hydrogen) atoms. The van der Waals surface area contributed by atoms with E-state index in [1.807, 2.05) is 37.3 Å². The molecule has 0 radical (unpaired) electrons. The van der Waals surface area contributed by atoms with E-state index in [1.54, 1.807) is 13.3 Å². The second kappa shape index (κ2) is 5.74. The average Bonchev–Trinajstić information content (AvgIpc) is 2.38. The van der Waals surface area contributed by atoms with Gasteiger partial charge in [-0.3, -0.25) is 0 Å². The highest BCUT2D eigenvalue weighted by molar-refractivity contribution is 6.33. The van der Waals surface area contributed by atoms with Crippen LogP contribution in [-0.4, -0.2) is 12.1 Å². The minimum absolute atomic E-state index is 0.618. The fourth-order valence-corrected chi connectivity index (χ4v) is 1.90. The van der Waals surface area contributed by atoms with E-state index in [0.29, 0.717) is 12.4 Å². The van der Waals surface area contributed by atoms with Crippen LogP contribution in [0.2, 0.25) is 5.02 Å². The van der Waals surface area contributed by atoms with Gasteiger partial charge in [0.1, 0.15) is 0 Å². The third kappa shape index (κ3) is 3.14. The van der Waals surface area contributed by atoms with E-state index in [0.717, 1.165) is 21.8 Å². The Morgan fingerprint density at radius 1 is 1.28 bits per heavy atom. The van der Waals surface area contributed by atoms with Crippen molar-refractivity contribution in [2.75, 3.05) is 12.4 Å². The zero-order valence-electron chi connectivity index (χ0n) is 10.4. The number of anilines is 1. The number of nitrogens with one attached hydrogen (secondary N) is 1. The van der Waals surface area contributed by atoms with Gasteiger partial charge in [-0.2, -0.15) is 0 Å². The molecular weight excluding hydrogens is 248 g/mol. The highest BCUT2D eigenvalue weighted by Crippen LogP contribution is 2.23. The standard InChI is InChI=1S/C14H15ClN2O/c1-10-3-5-13(12(15)7-10)16-8-11-4-6-14(18-2)17-9-11/h3-7,9,16H,8H2,1-2H3. The summed E-state index contributed by atoms with van der Waals surface area (Å²) in [7, 11) is 1.60. The molecule has 0 fully saturated rings. The van der Waals surface area contributed by atoms with E-state index >= 15 is 0 Å². The molecule has 0 aliphatic heterocycles. The van der Waals surface area contributed by atoms with Crippen LogP contribution < -0.4 is 10.1 Å². The van der Waals surface area contributed by atoms with Gasteiger partial charge in [0.2, 0.25) is 5.88 Å². The molecule has 0 spiro atoms. The van der Waals surface area contributed by atoms with Crippen LogP contribution in [0.5, 0.6) is 5.88 Å². The number of halogens is 1. The Balaban J connectivity index is 2.02. The van der Waals surface area contributed by atoms with Crippen molar-refractivity contribution in [3.8, 4) is 5.88 Å². The number of benzene rings is 1. The molecule has 0 bridgehead atoms. The fourth-order valence-electron chi connectivity index (χ4n) is 1.60. The molecule has 1 aromatic heterocycles. The normalized spacial score (nSPS) is 10.2. The van der Waals surface area contributed by atoms with E-state index in [1.165, 1.54) is 0 Å². The first-order chi connectivity index (χ1) is 8.69. The summed E-state index contributed by atoms with van der Waals surface area (Å²) in [6.07, 6.45) is 1.79. The number of methoxy groups -OCH3 is 1. The lowest BCUT2D eigenvalue weighted by molar-refractivity contribution is 0.397. The van der Waals surface area contributed by atoms with Gasteiger partial charge < -0.3 is 10.1 Å². The van der Waals surface area contributed by atoms with Crippen LogP contribution in [0.4, 0.5) is 5.69 Å². The molecular formula is C14H15ClN2O. The Labute approximate surface area is 112 Å². The van der Waals surface area contributed by atoms with Crippen molar-refractivity contribution in [1.82, 2.24) is 4.98 Å². The Morgan fingerprint density at radius 2 is 2.11 bits per heavy atom. The van der Waals surface area contributed by atoms with Crippen molar-refractivity contribution in [1.29, 1.82) is 0 Å². The first-order valence-electron chi connectivity index (χ1n) is 5.68. The molecule has 0 saturated carbocycles. The monoisotopic (exact) mass is 262 g/mol. The van der Waals surface area contributed by atoms with Gasteiger partial charge in [0.25, 0.3) is 0 Å². The van der Waals surface area contributed by atoms with E-state index in [2.05, 4.69) is 10.3 Å². The molecule has 2 rings (SSSR count). The van der Waals surface area contributed by atoms with Crippen LogP contribution in [0, 0.1) is 6.92 Å². The Morgan fingerprint density at radius 3 is 2.72 bits per heavy atom. The summed E-state index contributed by atoms with van der Waals surface area (Å²) >= 11 is 6.15. The minimum Gasteiger partial charge on any atom is -0.481 e. The molecule has 1 heterocycles. The Kier molecular flexibility index (Phi) is 4.05. The average molecular weight is 263 g/mol. The van der Waals surface area contributed by atoms with Crippen molar-refractivity contribution in [2.45, 2.75) is 13.5 Å². The second-order valence-corrected chi connectivity index (χ2v) is 4.45. The van der Waals surface area contributed by atoms with Crippen LogP contribution in [0.3, 0.4) is 0 Å². The molecule has 0 saturated heterocycles. The molecule has 0 aliphatic rings. The summed E-state index contributed by atoms with van der Waals surface area (Å²) in [5.41, 5.74) is 3.15. The van der Waals surface area contributed by atoms with Crippen LogP contribution in [0.25, 0.3) is 0 Å². The molecule has 1 aromatic carbocycles. The number of hydrogen-bond donors (Lipinski definition) is 1. The van der Waals surface area contributed by atoms with Gasteiger partial charge >= 0.3 is 0 Å². The number of aromatic nitrogens is 1. The summed E-state index contributed by atoms with van der Waals surface area (Å²) in [6.45, 7) is 2.70. The predicted octanol–water partition coefficient (Wildman–Crippen LogP) is 3.66. The summed E-state index contributed by atoms with van der Waals surface area (Å²) in [4.78, 5) is 4.15. The Hall–Kier alpha value is -1.74. The van der Waals surface area contributed by atoms with Gasteiger partial charge in [-0.1, -0.05) is 23.7 Å². The molecule has 3 nitrogen and oxygen atoms in total. The second-order valence-electron chi connectivity index (χ2n) is 4.05. The largest absolute Gasteiger partial charge is 0.481 e. The van der Waals surface area contributed by atoms with Crippen LogP contribution >= 0.6 is 11.6 Å². The smallest absolute Gasteiger partial charge is 0.212 e. The maximum atomic E-state index is 6.15. The van der Waals surface area contributed by atoms with E-state index < -0.39 is 0 Å². The highest BCUT2D eigenvalue weighted by atomic mass is 35.5. The molecule has 1 N–H and O–H groups in total. The third-order valence-electron chi connectivity index (χ3n) is 2.61. The molecule has 4 heteroatoms. The first kappa shape index (κ1) is 12.7. The van der Waals surface area contributed by atoms with Gasteiger partial charge in [0.15, 0.2) is 0 Å². The molecule has 0 atom stereocenters. The van der Waals surface area contributed by atoms with E-state index in [-0.39, 0.29) is 0 Å². The maximum Gasteiger partial charge on any atom is 0.212 e. The van der Waals surface area contributed by atoms with Crippen molar-refractivity contribution in [3.63, 3.8) is 0 Å². The molecule has 0 amide bonds. The van der Waals surface area contributed by atoms with Gasteiger partial charge in [0.05, 0.1) is 17.8 Å². The van der Waals surface area contributed by atoms with Crippen LogP contribution in [-0.2, 0) is 6.54 Å². The first-order valence-corrected chi connectivity index (χ1v) is 6.06. The summed E-state index contributed by atoms with van der Waals surface area (Å²) in [5.74, 6) is 0.618. The lowest BCUT2D eigenvalue weighted by Gasteiger charge is -2.09. The number of ether oxygens (including phenoxy) is 1. The topological polar surface area (TPSA) is 34.1 Å².